The monoisotopic (exact) mass is 280 g/mol. The molecule has 2 aromatic rings. The number of nitro groups is 1. The van der Waals surface area contributed by atoms with E-state index in [1.165, 1.54) is 22.8 Å². The summed E-state index contributed by atoms with van der Waals surface area (Å²) in [6.07, 6.45) is 2.72. The predicted molar refractivity (Wildman–Crippen MR) is 74.4 cm³/mol. The lowest BCUT2D eigenvalue weighted by Crippen LogP contribution is -2.23. The normalized spacial score (nSPS) is 12.5. The molecule has 0 aliphatic heterocycles. The first kappa shape index (κ1) is 13.7. The lowest BCUT2D eigenvalue weighted by molar-refractivity contribution is -0.385. The van der Waals surface area contributed by atoms with E-state index >= 15 is 0 Å². The van der Waals surface area contributed by atoms with Crippen molar-refractivity contribution < 1.29 is 4.92 Å². The van der Waals surface area contributed by atoms with Gasteiger partial charge in [0.1, 0.15) is 12.4 Å². The average Bonchev–Trinajstić information content (AvgIpc) is 2.97. The molecule has 0 saturated carbocycles. The van der Waals surface area contributed by atoms with Gasteiger partial charge in [-0.3, -0.25) is 14.8 Å². The van der Waals surface area contributed by atoms with Gasteiger partial charge in [-0.1, -0.05) is 0 Å². The Balaban J connectivity index is 1.83. The number of aryl methyl sites for hydroxylation is 1. The van der Waals surface area contributed by atoms with E-state index in [-0.39, 0.29) is 11.7 Å². The van der Waals surface area contributed by atoms with Gasteiger partial charge in [-0.25, -0.2) is 0 Å². The fourth-order valence-corrected chi connectivity index (χ4v) is 2.85. The quantitative estimate of drug-likeness (QED) is 0.652. The number of thiophene rings is 1. The van der Waals surface area contributed by atoms with Gasteiger partial charge in [0, 0.05) is 17.5 Å². The van der Waals surface area contributed by atoms with E-state index in [1.54, 1.807) is 16.0 Å². The van der Waals surface area contributed by atoms with Crippen LogP contribution in [0.15, 0.2) is 23.8 Å². The molecule has 0 bridgehead atoms. The van der Waals surface area contributed by atoms with Crippen molar-refractivity contribution in [1.29, 1.82) is 0 Å². The van der Waals surface area contributed by atoms with Crippen molar-refractivity contribution in [3.8, 4) is 0 Å². The zero-order valence-corrected chi connectivity index (χ0v) is 11.7. The number of hydrogen-bond donors (Lipinski definition) is 1. The second-order valence-corrected chi connectivity index (χ2v) is 5.31. The van der Waals surface area contributed by atoms with Gasteiger partial charge in [0.05, 0.1) is 11.5 Å². The largest absolute Gasteiger partial charge is 0.308 e. The summed E-state index contributed by atoms with van der Waals surface area (Å²) in [4.78, 5) is 11.4. The summed E-state index contributed by atoms with van der Waals surface area (Å²) in [7, 11) is 0. The number of aromatic nitrogens is 2. The molecule has 2 aromatic heterocycles. The molecule has 19 heavy (non-hydrogen) atoms. The molecule has 6 nitrogen and oxygen atoms in total. The molecule has 102 valence electrons. The maximum Gasteiger partial charge on any atom is 0.306 e. The van der Waals surface area contributed by atoms with E-state index in [2.05, 4.69) is 35.7 Å². The Morgan fingerprint density at radius 2 is 2.42 bits per heavy atom. The summed E-state index contributed by atoms with van der Waals surface area (Å²) >= 11 is 1.74. The number of nitrogens with zero attached hydrogens (tertiary/aromatic N) is 3. The average molecular weight is 280 g/mol. The molecule has 0 unspecified atom stereocenters. The van der Waals surface area contributed by atoms with E-state index < -0.39 is 4.92 Å². The first-order valence-corrected chi connectivity index (χ1v) is 6.90. The summed E-state index contributed by atoms with van der Waals surface area (Å²) in [5, 5.41) is 20.0. The highest BCUT2D eigenvalue weighted by molar-refractivity contribution is 7.10. The van der Waals surface area contributed by atoms with Crippen LogP contribution in [0.25, 0.3) is 0 Å². The molecule has 0 radical (unpaired) electrons. The van der Waals surface area contributed by atoms with E-state index in [0.29, 0.717) is 6.54 Å². The zero-order chi connectivity index (χ0) is 13.8. The summed E-state index contributed by atoms with van der Waals surface area (Å²) in [6.45, 7) is 5.55. The lowest BCUT2D eigenvalue weighted by Gasteiger charge is -2.13. The molecule has 0 fully saturated rings. The van der Waals surface area contributed by atoms with Gasteiger partial charge in [-0.2, -0.15) is 5.10 Å². The first-order valence-electron chi connectivity index (χ1n) is 6.02. The third-order valence-corrected chi connectivity index (χ3v) is 4.12. The molecular weight excluding hydrogens is 264 g/mol. The Hall–Kier alpha value is -1.73. The standard InChI is InChI=1S/C12H16N4O2S/c1-9-3-6-19-12(9)10(2)13-4-5-15-8-11(7-14-15)16(17)18/h3,6-8,10,13H,4-5H2,1-2H3/t10-/m0/s1. The second-order valence-electron chi connectivity index (χ2n) is 4.36. The molecular formula is C12H16N4O2S. The van der Waals surface area contributed by atoms with Crippen molar-refractivity contribution in [2.45, 2.75) is 26.4 Å². The van der Waals surface area contributed by atoms with Crippen molar-refractivity contribution in [3.05, 3.63) is 44.4 Å². The maximum atomic E-state index is 10.5. The summed E-state index contributed by atoms with van der Waals surface area (Å²) < 4.78 is 1.58. The first-order chi connectivity index (χ1) is 9.08. The van der Waals surface area contributed by atoms with Crippen LogP contribution < -0.4 is 5.32 Å². The Labute approximate surface area is 115 Å². The van der Waals surface area contributed by atoms with Crippen LogP contribution in [-0.4, -0.2) is 21.2 Å². The van der Waals surface area contributed by atoms with E-state index in [0.717, 1.165) is 6.54 Å². The maximum absolute atomic E-state index is 10.5. The highest BCUT2D eigenvalue weighted by Crippen LogP contribution is 2.23. The Morgan fingerprint density at radius 1 is 1.63 bits per heavy atom. The third-order valence-electron chi connectivity index (χ3n) is 2.92. The molecule has 0 aromatic carbocycles. The highest BCUT2D eigenvalue weighted by Gasteiger charge is 2.10. The summed E-state index contributed by atoms with van der Waals surface area (Å²) in [5.41, 5.74) is 1.32. The molecule has 1 atom stereocenters. The Bertz CT molecular complexity index is 564. The van der Waals surface area contributed by atoms with Crippen molar-refractivity contribution >= 4 is 17.0 Å². The van der Waals surface area contributed by atoms with Crippen molar-refractivity contribution in [2.24, 2.45) is 0 Å². The van der Waals surface area contributed by atoms with Gasteiger partial charge in [0.2, 0.25) is 0 Å². The van der Waals surface area contributed by atoms with Crippen LogP contribution in [-0.2, 0) is 6.54 Å². The van der Waals surface area contributed by atoms with Crippen LogP contribution in [0, 0.1) is 17.0 Å². The minimum absolute atomic E-state index is 0.0298. The number of nitrogens with one attached hydrogen (secondary N) is 1. The van der Waals surface area contributed by atoms with Crippen LogP contribution >= 0.6 is 11.3 Å². The SMILES string of the molecule is Cc1ccsc1[C@H](C)NCCn1cc([N+](=O)[O-])cn1. The number of rotatable bonds is 6. The zero-order valence-electron chi connectivity index (χ0n) is 10.9. The second kappa shape index (κ2) is 5.94. The molecule has 1 N–H and O–H groups in total. The molecule has 2 heterocycles. The van der Waals surface area contributed by atoms with Gasteiger partial charge < -0.3 is 5.32 Å². The van der Waals surface area contributed by atoms with Crippen molar-refractivity contribution in [3.63, 3.8) is 0 Å². The molecule has 0 spiro atoms. The minimum atomic E-state index is -0.436. The van der Waals surface area contributed by atoms with Crippen LogP contribution in [0.3, 0.4) is 0 Å². The predicted octanol–water partition coefficient (Wildman–Crippen LogP) is 2.51. The minimum Gasteiger partial charge on any atom is -0.308 e. The highest BCUT2D eigenvalue weighted by atomic mass is 32.1. The van der Waals surface area contributed by atoms with E-state index in [9.17, 15) is 10.1 Å². The van der Waals surface area contributed by atoms with Gasteiger partial charge in [0.25, 0.3) is 0 Å². The van der Waals surface area contributed by atoms with Gasteiger partial charge in [0.15, 0.2) is 0 Å². The van der Waals surface area contributed by atoms with E-state index in [4.69, 9.17) is 0 Å². The number of hydrogen-bond acceptors (Lipinski definition) is 5. The fourth-order valence-electron chi connectivity index (χ4n) is 1.89. The molecule has 0 saturated heterocycles. The molecule has 0 aliphatic rings. The molecule has 7 heteroatoms. The Morgan fingerprint density at radius 3 is 3.00 bits per heavy atom. The van der Waals surface area contributed by atoms with Crippen LogP contribution in [0.4, 0.5) is 5.69 Å². The topological polar surface area (TPSA) is 73.0 Å². The van der Waals surface area contributed by atoms with Gasteiger partial charge in [-0.05, 0) is 30.9 Å². The fraction of sp³-hybridized carbons (Fsp3) is 0.417. The lowest BCUT2D eigenvalue weighted by atomic mass is 10.2. The van der Waals surface area contributed by atoms with Crippen LogP contribution in [0.2, 0.25) is 0 Å². The molecule has 0 amide bonds. The van der Waals surface area contributed by atoms with E-state index in [1.807, 2.05) is 0 Å². The summed E-state index contributed by atoms with van der Waals surface area (Å²) in [6, 6.07) is 2.39. The Kier molecular flexibility index (Phi) is 4.28. The molecule has 2 rings (SSSR count). The van der Waals surface area contributed by atoms with Gasteiger partial charge in [-0.15, -0.1) is 11.3 Å². The van der Waals surface area contributed by atoms with Crippen molar-refractivity contribution in [1.82, 2.24) is 15.1 Å². The third kappa shape index (κ3) is 3.39. The smallest absolute Gasteiger partial charge is 0.306 e. The molecule has 0 aliphatic carbocycles. The van der Waals surface area contributed by atoms with Crippen LogP contribution in [0.5, 0.6) is 0 Å². The van der Waals surface area contributed by atoms with Crippen LogP contribution in [0.1, 0.15) is 23.4 Å². The summed E-state index contributed by atoms with van der Waals surface area (Å²) in [5.74, 6) is 0. The van der Waals surface area contributed by atoms with Crippen molar-refractivity contribution in [2.75, 3.05) is 6.54 Å². The van der Waals surface area contributed by atoms with Gasteiger partial charge >= 0.3 is 5.69 Å².